The molecular formula is C15H19NO4. The molecule has 2 unspecified atom stereocenters. The SMILES string of the molecule is CC1(C(=O)O)CCC(NC(=O)OCc2ccccc2)C1. The number of benzene rings is 1. The highest BCUT2D eigenvalue weighted by Gasteiger charge is 2.41. The van der Waals surface area contributed by atoms with Gasteiger partial charge in [-0.05, 0) is 31.7 Å². The summed E-state index contributed by atoms with van der Waals surface area (Å²) in [5.74, 6) is -0.806. The number of carbonyl (C=O) groups is 2. The van der Waals surface area contributed by atoms with Gasteiger partial charge in [-0.2, -0.15) is 0 Å². The predicted molar refractivity (Wildman–Crippen MR) is 73.1 cm³/mol. The Labute approximate surface area is 117 Å². The van der Waals surface area contributed by atoms with Crippen molar-refractivity contribution >= 4 is 12.1 Å². The molecule has 2 rings (SSSR count). The third-order valence-corrected chi connectivity index (χ3v) is 3.79. The highest BCUT2D eigenvalue weighted by Crippen LogP contribution is 2.37. The van der Waals surface area contributed by atoms with E-state index in [4.69, 9.17) is 9.84 Å². The Morgan fingerprint density at radius 1 is 1.40 bits per heavy atom. The average Bonchev–Trinajstić information content (AvgIpc) is 2.80. The zero-order chi connectivity index (χ0) is 14.6. The van der Waals surface area contributed by atoms with Crippen molar-refractivity contribution < 1.29 is 19.4 Å². The van der Waals surface area contributed by atoms with Crippen molar-refractivity contribution in [1.82, 2.24) is 5.32 Å². The standard InChI is InChI=1S/C15H19NO4/c1-15(13(17)18)8-7-12(9-15)16-14(19)20-10-11-5-3-2-4-6-11/h2-6,12H,7-10H2,1H3,(H,16,19)(H,17,18). The van der Waals surface area contributed by atoms with Gasteiger partial charge in [0.2, 0.25) is 0 Å². The summed E-state index contributed by atoms with van der Waals surface area (Å²) in [7, 11) is 0. The minimum atomic E-state index is -0.806. The fraction of sp³-hybridized carbons (Fsp3) is 0.467. The molecule has 0 bridgehead atoms. The lowest BCUT2D eigenvalue weighted by atomic mass is 9.89. The largest absolute Gasteiger partial charge is 0.481 e. The number of rotatable bonds is 4. The zero-order valence-corrected chi connectivity index (χ0v) is 11.5. The molecule has 1 aliphatic rings. The van der Waals surface area contributed by atoms with Crippen molar-refractivity contribution in [2.24, 2.45) is 5.41 Å². The summed E-state index contributed by atoms with van der Waals surface area (Å²) in [4.78, 5) is 22.8. The minimum Gasteiger partial charge on any atom is -0.481 e. The molecule has 2 N–H and O–H groups in total. The molecule has 0 heterocycles. The Balaban J connectivity index is 1.77. The number of carboxylic acids is 1. The van der Waals surface area contributed by atoms with Crippen LogP contribution < -0.4 is 5.32 Å². The van der Waals surface area contributed by atoms with Crippen molar-refractivity contribution in [3.8, 4) is 0 Å². The molecule has 0 aliphatic heterocycles. The van der Waals surface area contributed by atoms with Crippen molar-refractivity contribution in [1.29, 1.82) is 0 Å². The Hall–Kier alpha value is -2.04. The monoisotopic (exact) mass is 277 g/mol. The van der Waals surface area contributed by atoms with Crippen LogP contribution in [0.2, 0.25) is 0 Å². The maximum atomic E-state index is 11.7. The molecule has 1 fully saturated rings. The Bertz CT molecular complexity index is 488. The van der Waals surface area contributed by atoms with Crippen molar-refractivity contribution in [2.75, 3.05) is 0 Å². The van der Waals surface area contributed by atoms with Crippen LogP contribution in [-0.4, -0.2) is 23.2 Å². The number of alkyl carbamates (subject to hydrolysis) is 1. The molecule has 0 radical (unpaired) electrons. The normalized spacial score (nSPS) is 25.1. The van der Waals surface area contributed by atoms with Gasteiger partial charge >= 0.3 is 12.1 Å². The summed E-state index contributed by atoms with van der Waals surface area (Å²) in [5, 5.41) is 11.9. The molecule has 5 nitrogen and oxygen atoms in total. The number of hydrogen-bond acceptors (Lipinski definition) is 3. The van der Waals surface area contributed by atoms with E-state index in [9.17, 15) is 9.59 Å². The summed E-state index contributed by atoms with van der Waals surface area (Å²) in [6.45, 7) is 1.93. The van der Waals surface area contributed by atoms with Gasteiger partial charge in [0.1, 0.15) is 6.61 Å². The Morgan fingerprint density at radius 2 is 2.10 bits per heavy atom. The molecule has 1 aromatic rings. The van der Waals surface area contributed by atoms with E-state index < -0.39 is 17.5 Å². The number of aliphatic carboxylic acids is 1. The van der Waals surface area contributed by atoms with E-state index in [1.165, 1.54) is 0 Å². The molecule has 1 amide bonds. The van der Waals surface area contributed by atoms with E-state index in [2.05, 4.69) is 5.32 Å². The molecule has 0 spiro atoms. The molecular weight excluding hydrogens is 258 g/mol. The van der Waals surface area contributed by atoms with Gasteiger partial charge in [-0.1, -0.05) is 30.3 Å². The number of amides is 1. The molecule has 20 heavy (non-hydrogen) atoms. The van der Waals surface area contributed by atoms with Crippen LogP contribution in [0.15, 0.2) is 30.3 Å². The third-order valence-electron chi connectivity index (χ3n) is 3.79. The topological polar surface area (TPSA) is 75.6 Å². The molecule has 0 saturated heterocycles. The van der Waals surface area contributed by atoms with E-state index in [0.717, 1.165) is 5.56 Å². The first-order valence-electron chi connectivity index (χ1n) is 6.70. The average molecular weight is 277 g/mol. The van der Waals surface area contributed by atoms with Crippen LogP contribution in [0, 0.1) is 5.41 Å². The summed E-state index contributed by atoms with van der Waals surface area (Å²) in [5.41, 5.74) is 0.182. The zero-order valence-electron chi connectivity index (χ0n) is 11.5. The highest BCUT2D eigenvalue weighted by molar-refractivity contribution is 5.75. The first kappa shape index (κ1) is 14.4. The fourth-order valence-electron chi connectivity index (χ4n) is 2.49. The number of nitrogens with one attached hydrogen (secondary N) is 1. The lowest BCUT2D eigenvalue weighted by Gasteiger charge is -2.18. The maximum Gasteiger partial charge on any atom is 0.407 e. The van der Waals surface area contributed by atoms with E-state index in [1.54, 1.807) is 6.92 Å². The summed E-state index contributed by atoms with van der Waals surface area (Å²) in [6.07, 6.45) is 1.20. The fourth-order valence-corrected chi connectivity index (χ4v) is 2.49. The molecule has 0 aromatic heterocycles. The van der Waals surface area contributed by atoms with Gasteiger partial charge in [0.15, 0.2) is 0 Å². The lowest BCUT2D eigenvalue weighted by Crippen LogP contribution is -2.35. The molecule has 108 valence electrons. The lowest BCUT2D eigenvalue weighted by molar-refractivity contribution is -0.147. The molecule has 1 saturated carbocycles. The molecule has 1 aromatic carbocycles. The van der Waals surface area contributed by atoms with Crippen LogP contribution in [0.25, 0.3) is 0 Å². The van der Waals surface area contributed by atoms with E-state index >= 15 is 0 Å². The van der Waals surface area contributed by atoms with Gasteiger partial charge in [0.05, 0.1) is 5.41 Å². The quantitative estimate of drug-likeness (QED) is 0.886. The van der Waals surface area contributed by atoms with Gasteiger partial charge in [0.25, 0.3) is 0 Å². The number of carboxylic acid groups (broad SMARTS) is 1. The van der Waals surface area contributed by atoms with Crippen LogP contribution in [0.4, 0.5) is 4.79 Å². The van der Waals surface area contributed by atoms with Crippen LogP contribution in [-0.2, 0) is 16.1 Å². The van der Waals surface area contributed by atoms with Gasteiger partial charge in [-0.15, -0.1) is 0 Å². The summed E-state index contributed by atoms with van der Waals surface area (Å²) in [6, 6.07) is 9.29. The van der Waals surface area contributed by atoms with Crippen molar-refractivity contribution in [3.63, 3.8) is 0 Å². The van der Waals surface area contributed by atoms with E-state index in [-0.39, 0.29) is 12.6 Å². The highest BCUT2D eigenvalue weighted by atomic mass is 16.5. The first-order chi connectivity index (χ1) is 9.49. The van der Waals surface area contributed by atoms with Gasteiger partial charge in [0, 0.05) is 6.04 Å². The van der Waals surface area contributed by atoms with Gasteiger partial charge < -0.3 is 15.2 Å². The minimum absolute atomic E-state index is 0.126. The molecule has 2 atom stereocenters. The van der Waals surface area contributed by atoms with Gasteiger partial charge in [-0.3, -0.25) is 4.79 Å². The van der Waals surface area contributed by atoms with Crippen molar-refractivity contribution in [3.05, 3.63) is 35.9 Å². The van der Waals surface area contributed by atoms with Gasteiger partial charge in [-0.25, -0.2) is 4.79 Å². The van der Waals surface area contributed by atoms with Crippen LogP contribution in [0.5, 0.6) is 0 Å². The first-order valence-corrected chi connectivity index (χ1v) is 6.70. The predicted octanol–water partition coefficient (Wildman–Crippen LogP) is 2.56. The second-order valence-electron chi connectivity index (χ2n) is 5.51. The van der Waals surface area contributed by atoms with Crippen LogP contribution in [0.3, 0.4) is 0 Å². The number of hydrogen-bond donors (Lipinski definition) is 2. The van der Waals surface area contributed by atoms with Crippen LogP contribution in [0.1, 0.15) is 31.7 Å². The van der Waals surface area contributed by atoms with Crippen LogP contribution >= 0.6 is 0 Å². The summed E-state index contributed by atoms with van der Waals surface area (Å²) >= 11 is 0. The Kier molecular flexibility index (Phi) is 4.27. The van der Waals surface area contributed by atoms with Crippen molar-refractivity contribution in [2.45, 2.75) is 38.8 Å². The second kappa shape index (κ2) is 5.94. The number of ether oxygens (including phenoxy) is 1. The van der Waals surface area contributed by atoms with E-state index in [1.807, 2.05) is 30.3 Å². The second-order valence-corrected chi connectivity index (χ2v) is 5.51. The summed E-state index contributed by atoms with van der Waals surface area (Å²) < 4.78 is 5.12. The smallest absolute Gasteiger partial charge is 0.407 e. The van der Waals surface area contributed by atoms with E-state index in [0.29, 0.717) is 19.3 Å². The Morgan fingerprint density at radius 3 is 2.70 bits per heavy atom. The number of carbonyl (C=O) groups excluding carboxylic acids is 1. The molecule has 5 heteroatoms. The maximum absolute atomic E-state index is 11.7. The third kappa shape index (κ3) is 3.50. The molecule has 1 aliphatic carbocycles.